The lowest BCUT2D eigenvalue weighted by Crippen LogP contribution is -2.63. The summed E-state index contributed by atoms with van der Waals surface area (Å²) in [5.74, 6) is -0.214. The van der Waals surface area contributed by atoms with Crippen molar-refractivity contribution in [3.05, 3.63) is 35.9 Å². The van der Waals surface area contributed by atoms with Crippen LogP contribution in [0.4, 0.5) is 9.59 Å². The number of ether oxygens (including phenoxy) is 2. The quantitative estimate of drug-likeness (QED) is 0.0616. The number of hydrogen-bond donors (Lipinski definition) is 3. The zero-order valence-electron chi connectivity index (χ0n) is 24.3. The smallest absolute Gasteiger partial charge is 0.410 e. The third-order valence-electron chi connectivity index (χ3n) is 7.96. The molecule has 4 heterocycles. The highest BCUT2D eigenvalue weighted by Crippen LogP contribution is 2.52. The minimum absolute atomic E-state index is 0.00544. The summed E-state index contributed by atoms with van der Waals surface area (Å²) in [6.45, 7) is 12.0. The van der Waals surface area contributed by atoms with Crippen LogP contribution in [0.5, 0.6) is 0 Å². The predicted octanol–water partition coefficient (Wildman–Crippen LogP) is 2.22. The number of hydrogen-bond acceptors (Lipinski definition) is 11. The van der Waals surface area contributed by atoms with Crippen LogP contribution in [-0.2, 0) is 19.1 Å². The highest BCUT2D eigenvalue weighted by atomic mass is 32.2. The molecule has 3 fully saturated rings. The number of esters is 1. The highest BCUT2D eigenvalue weighted by molar-refractivity contribution is 8.03. The van der Waals surface area contributed by atoms with Gasteiger partial charge in [0.05, 0.1) is 18.1 Å². The minimum atomic E-state index is -0.882. The summed E-state index contributed by atoms with van der Waals surface area (Å²) in [5, 5.41) is 25.8. The number of nitrogens with zero attached hydrogens (tertiary/aromatic N) is 4. The Kier molecular flexibility index (Phi) is 11.1. The molecule has 0 unspecified atom stereocenters. The van der Waals surface area contributed by atoms with Crippen molar-refractivity contribution in [3.8, 4) is 0 Å². The lowest BCUT2D eigenvalue weighted by atomic mass is 9.79. The normalized spacial score (nSPS) is 27.8. The van der Waals surface area contributed by atoms with E-state index in [9.17, 15) is 29.5 Å². The SMILES string of the molecule is C=CCOC(=O)C1=C(S[C@H]2C[C@@H](C/C(=N/O)NC(=O)N3CCSCC3)N(C(=O)OCC=C)C2)[C@H](C)[C@@H]2[C@H]([C@@H](C)O)C(=O)N12. The highest BCUT2D eigenvalue weighted by Gasteiger charge is 2.60. The van der Waals surface area contributed by atoms with Gasteiger partial charge in [-0.15, -0.1) is 11.8 Å². The first kappa shape index (κ1) is 32.7. The molecule has 236 valence electrons. The average Bonchev–Trinajstić information content (AvgIpc) is 3.50. The number of oxime groups is 1. The van der Waals surface area contributed by atoms with Gasteiger partial charge in [-0.05, 0) is 13.3 Å². The lowest BCUT2D eigenvalue weighted by molar-refractivity contribution is -0.164. The van der Waals surface area contributed by atoms with E-state index < -0.39 is 30.1 Å². The molecule has 4 aliphatic rings. The Bertz CT molecular complexity index is 1190. The minimum Gasteiger partial charge on any atom is -0.457 e. The van der Waals surface area contributed by atoms with Gasteiger partial charge in [0.2, 0.25) is 5.91 Å². The number of carbonyl (C=O) groups is 4. The van der Waals surface area contributed by atoms with Crippen molar-refractivity contribution < 1.29 is 39.0 Å². The maximum absolute atomic E-state index is 13.1. The number of thioether (sulfide) groups is 2. The maximum Gasteiger partial charge on any atom is 0.410 e. The first-order valence-electron chi connectivity index (χ1n) is 14.2. The van der Waals surface area contributed by atoms with E-state index in [0.717, 1.165) is 11.5 Å². The number of aliphatic hydroxyl groups is 1. The Balaban J connectivity index is 1.54. The number of aliphatic hydroxyl groups excluding tert-OH is 1. The average molecular weight is 638 g/mol. The van der Waals surface area contributed by atoms with Crippen LogP contribution in [0.15, 0.2) is 41.1 Å². The number of amidine groups is 1. The number of carbonyl (C=O) groups excluding carboxylic acids is 4. The summed E-state index contributed by atoms with van der Waals surface area (Å²) in [6.07, 6.45) is 1.91. The number of urea groups is 1. The van der Waals surface area contributed by atoms with Crippen molar-refractivity contribution in [1.29, 1.82) is 0 Å². The molecule has 3 N–H and O–H groups in total. The van der Waals surface area contributed by atoms with Gasteiger partial charge in [-0.3, -0.25) is 10.1 Å². The number of rotatable bonds is 10. The van der Waals surface area contributed by atoms with Gasteiger partial charge < -0.3 is 34.5 Å². The molecule has 4 rings (SSSR count). The van der Waals surface area contributed by atoms with Crippen LogP contribution in [-0.4, -0.2) is 123 Å². The molecule has 6 atom stereocenters. The molecule has 0 aromatic carbocycles. The molecule has 0 aliphatic carbocycles. The molecule has 3 saturated heterocycles. The molecule has 15 heteroatoms. The summed E-state index contributed by atoms with van der Waals surface area (Å²) in [4.78, 5) is 57.2. The van der Waals surface area contributed by atoms with Crippen molar-refractivity contribution in [2.45, 2.75) is 50.1 Å². The summed E-state index contributed by atoms with van der Waals surface area (Å²) in [7, 11) is 0. The summed E-state index contributed by atoms with van der Waals surface area (Å²) >= 11 is 3.15. The van der Waals surface area contributed by atoms with E-state index >= 15 is 0 Å². The van der Waals surface area contributed by atoms with E-state index in [0.29, 0.717) is 24.4 Å². The number of nitrogens with one attached hydrogen (secondary N) is 1. The van der Waals surface area contributed by atoms with Crippen LogP contribution in [0.2, 0.25) is 0 Å². The maximum atomic E-state index is 13.1. The van der Waals surface area contributed by atoms with E-state index in [1.54, 1.807) is 23.6 Å². The van der Waals surface area contributed by atoms with Crippen molar-refractivity contribution in [2.75, 3.05) is 44.4 Å². The third kappa shape index (κ3) is 6.99. The molecule has 43 heavy (non-hydrogen) atoms. The van der Waals surface area contributed by atoms with Crippen LogP contribution in [0, 0.1) is 11.8 Å². The molecule has 0 saturated carbocycles. The second-order valence-electron chi connectivity index (χ2n) is 10.8. The van der Waals surface area contributed by atoms with Crippen LogP contribution < -0.4 is 5.32 Å². The van der Waals surface area contributed by atoms with Crippen molar-refractivity contribution in [1.82, 2.24) is 20.0 Å². The van der Waals surface area contributed by atoms with E-state index in [4.69, 9.17) is 9.47 Å². The van der Waals surface area contributed by atoms with Gasteiger partial charge in [0.1, 0.15) is 18.9 Å². The molecule has 4 amide bonds. The Hall–Kier alpha value is -3.17. The first-order valence-corrected chi connectivity index (χ1v) is 16.2. The molecule has 0 spiro atoms. The van der Waals surface area contributed by atoms with Crippen molar-refractivity contribution >= 4 is 53.4 Å². The molecule has 0 radical (unpaired) electrons. The molecule has 0 aromatic heterocycles. The van der Waals surface area contributed by atoms with E-state index in [2.05, 4.69) is 23.6 Å². The molecular weight excluding hydrogens is 598 g/mol. The molecule has 0 bridgehead atoms. The van der Waals surface area contributed by atoms with Gasteiger partial charge in [-0.25, -0.2) is 14.4 Å². The van der Waals surface area contributed by atoms with Crippen molar-refractivity contribution in [2.24, 2.45) is 17.0 Å². The van der Waals surface area contributed by atoms with E-state index in [1.165, 1.54) is 33.7 Å². The van der Waals surface area contributed by atoms with Crippen LogP contribution >= 0.6 is 23.5 Å². The number of likely N-dealkylation sites (tertiary alicyclic amines) is 1. The van der Waals surface area contributed by atoms with E-state index in [1.807, 2.05) is 6.92 Å². The standard InChI is InChI=1S/C28H39N5O8S2/c1-5-9-40-26(36)23-24(16(3)22-21(17(4)34)25(35)33(22)23)43-19-13-18(32(15-19)28(38)41-10-6-2)14-20(30-39)29-27(37)31-7-11-42-12-8-31/h5-6,16-19,21-22,34,39H,1-2,7-15H2,3-4H3,(H,29,30,37)/t16-,17-,18+,19+,21+,22-/m1/s1. The Morgan fingerprint density at radius 1 is 1.21 bits per heavy atom. The summed E-state index contributed by atoms with van der Waals surface area (Å²) < 4.78 is 10.6. The van der Waals surface area contributed by atoms with Gasteiger partial charge in [0.25, 0.3) is 0 Å². The second kappa shape index (κ2) is 14.5. The summed E-state index contributed by atoms with van der Waals surface area (Å²) in [6, 6.07) is -1.24. The Morgan fingerprint density at radius 2 is 1.88 bits per heavy atom. The second-order valence-corrected chi connectivity index (χ2v) is 13.3. The predicted molar refractivity (Wildman–Crippen MR) is 162 cm³/mol. The number of β-lactam (4-membered cyclic amide) rings is 1. The number of amides is 4. The van der Waals surface area contributed by atoms with Crippen molar-refractivity contribution in [3.63, 3.8) is 0 Å². The zero-order chi connectivity index (χ0) is 31.3. The Morgan fingerprint density at radius 3 is 2.51 bits per heavy atom. The monoisotopic (exact) mass is 637 g/mol. The van der Waals surface area contributed by atoms with Crippen LogP contribution in [0.3, 0.4) is 0 Å². The van der Waals surface area contributed by atoms with Gasteiger partial charge in [-0.2, -0.15) is 11.8 Å². The van der Waals surface area contributed by atoms with Gasteiger partial charge in [0.15, 0.2) is 5.84 Å². The van der Waals surface area contributed by atoms with Gasteiger partial charge in [0, 0.05) is 59.7 Å². The van der Waals surface area contributed by atoms with E-state index in [-0.39, 0.29) is 66.9 Å². The molecule has 0 aromatic rings. The molecule has 13 nitrogen and oxygen atoms in total. The number of fused-ring (bicyclic) bond motifs is 1. The topological polar surface area (TPSA) is 161 Å². The zero-order valence-corrected chi connectivity index (χ0v) is 26.0. The third-order valence-corrected chi connectivity index (χ3v) is 10.4. The van der Waals surface area contributed by atoms with Crippen LogP contribution in [0.1, 0.15) is 26.7 Å². The van der Waals surface area contributed by atoms with Gasteiger partial charge in [-0.1, -0.05) is 37.4 Å². The fourth-order valence-corrected chi connectivity index (χ4v) is 8.41. The largest absolute Gasteiger partial charge is 0.457 e. The fourth-order valence-electron chi connectivity index (χ4n) is 5.95. The lowest BCUT2D eigenvalue weighted by Gasteiger charge is -2.46. The Labute approximate surface area is 259 Å². The first-order chi connectivity index (χ1) is 20.6. The molecule has 4 aliphatic heterocycles. The van der Waals surface area contributed by atoms with Crippen LogP contribution in [0.25, 0.3) is 0 Å². The summed E-state index contributed by atoms with van der Waals surface area (Å²) in [5.41, 5.74) is 0.153. The fraction of sp³-hybridized carbons (Fsp3) is 0.607. The van der Waals surface area contributed by atoms with Gasteiger partial charge >= 0.3 is 18.1 Å². The molecular formula is C28H39N5O8S2.